The van der Waals surface area contributed by atoms with E-state index in [0.29, 0.717) is 22.9 Å². The standard InChI is InChI=1S/C26H28ClN5O5/c1-5-19(27)7-6-17(4)15-31-24(30-25(35)32(16(2)3)26(31)36)29-20-8-10-21(11-9-20)37-22-12-18(23(33)34)13-28-14-22/h6-14,16H,5,15H2,1-4H3,(H,33,34)(H,29,30,35)/b17-6+,19-7+. The first-order valence-corrected chi connectivity index (χ1v) is 11.9. The molecule has 0 unspecified atom stereocenters. The number of aromatic nitrogens is 4. The Kier molecular flexibility index (Phi) is 9.02. The number of allylic oxidation sites excluding steroid dienone is 4. The van der Waals surface area contributed by atoms with Crippen molar-refractivity contribution in [3.05, 3.63) is 92.0 Å². The average molecular weight is 526 g/mol. The minimum atomic E-state index is -1.11. The van der Waals surface area contributed by atoms with E-state index in [0.717, 1.165) is 10.1 Å². The molecule has 0 aliphatic carbocycles. The van der Waals surface area contributed by atoms with Gasteiger partial charge in [0, 0.05) is 23.0 Å². The zero-order valence-electron chi connectivity index (χ0n) is 20.9. The van der Waals surface area contributed by atoms with Crippen LogP contribution in [-0.2, 0) is 6.54 Å². The first-order chi connectivity index (χ1) is 17.6. The van der Waals surface area contributed by atoms with Crippen molar-refractivity contribution in [1.29, 1.82) is 0 Å². The van der Waals surface area contributed by atoms with E-state index in [2.05, 4.69) is 15.3 Å². The van der Waals surface area contributed by atoms with Gasteiger partial charge in [0.25, 0.3) is 0 Å². The van der Waals surface area contributed by atoms with Crippen molar-refractivity contribution in [2.75, 3.05) is 5.32 Å². The number of ether oxygens (including phenoxy) is 1. The summed E-state index contributed by atoms with van der Waals surface area (Å²) in [5.74, 6) is -0.302. The molecule has 2 heterocycles. The topological polar surface area (TPSA) is 128 Å². The Labute approximate surface area is 218 Å². The van der Waals surface area contributed by atoms with Gasteiger partial charge in [-0.2, -0.15) is 4.98 Å². The lowest BCUT2D eigenvalue weighted by Gasteiger charge is -2.17. The lowest BCUT2D eigenvalue weighted by molar-refractivity contribution is 0.0696. The molecule has 3 rings (SSSR count). The van der Waals surface area contributed by atoms with Crippen molar-refractivity contribution < 1.29 is 14.6 Å². The predicted molar refractivity (Wildman–Crippen MR) is 142 cm³/mol. The lowest BCUT2D eigenvalue weighted by atomic mass is 10.2. The van der Waals surface area contributed by atoms with Gasteiger partial charge in [-0.25, -0.2) is 19.0 Å². The number of pyridine rings is 1. The number of carbonyl (C=O) groups is 1. The molecule has 0 fully saturated rings. The fraction of sp³-hybridized carbons (Fsp3) is 0.269. The maximum absolute atomic E-state index is 13.2. The molecule has 11 heteroatoms. The lowest BCUT2D eigenvalue weighted by Crippen LogP contribution is -2.43. The fourth-order valence-corrected chi connectivity index (χ4v) is 3.37. The number of hydrogen-bond acceptors (Lipinski definition) is 7. The van der Waals surface area contributed by atoms with Gasteiger partial charge < -0.3 is 15.2 Å². The number of rotatable bonds is 10. The van der Waals surface area contributed by atoms with E-state index in [-0.39, 0.29) is 29.8 Å². The second-order valence-corrected chi connectivity index (χ2v) is 8.98. The van der Waals surface area contributed by atoms with Gasteiger partial charge in [0.15, 0.2) is 0 Å². The molecule has 10 nitrogen and oxygen atoms in total. The van der Waals surface area contributed by atoms with Gasteiger partial charge in [-0.15, -0.1) is 0 Å². The third-order valence-corrected chi connectivity index (χ3v) is 5.61. The Balaban J connectivity index is 1.90. The molecule has 0 radical (unpaired) electrons. The Bertz CT molecular complexity index is 1460. The minimum Gasteiger partial charge on any atom is -0.478 e. The van der Waals surface area contributed by atoms with Gasteiger partial charge in [-0.05, 0) is 63.6 Å². The second-order valence-electron chi connectivity index (χ2n) is 8.50. The number of carboxylic acids is 1. The Morgan fingerprint density at radius 1 is 1.16 bits per heavy atom. The predicted octanol–water partition coefficient (Wildman–Crippen LogP) is 5.09. The summed E-state index contributed by atoms with van der Waals surface area (Å²) in [6, 6.07) is 7.66. The number of aromatic carboxylic acids is 1. The molecule has 0 amide bonds. The van der Waals surface area contributed by atoms with Crippen molar-refractivity contribution in [1.82, 2.24) is 19.1 Å². The van der Waals surface area contributed by atoms with E-state index in [1.807, 2.05) is 19.9 Å². The summed E-state index contributed by atoms with van der Waals surface area (Å²) in [5, 5.41) is 12.8. The first-order valence-electron chi connectivity index (χ1n) is 11.6. The average Bonchev–Trinajstić information content (AvgIpc) is 2.85. The van der Waals surface area contributed by atoms with Crippen LogP contribution in [0.5, 0.6) is 11.5 Å². The van der Waals surface area contributed by atoms with E-state index in [9.17, 15) is 14.4 Å². The molecule has 2 aromatic heterocycles. The van der Waals surface area contributed by atoms with Crippen LogP contribution in [0, 0.1) is 0 Å². The maximum Gasteiger partial charge on any atom is 0.355 e. The third-order valence-electron chi connectivity index (χ3n) is 5.22. The molecule has 0 aliphatic rings. The molecule has 0 saturated carbocycles. The number of hydrogen-bond donors (Lipinski definition) is 2. The highest BCUT2D eigenvalue weighted by Gasteiger charge is 2.16. The van der Waals surface area contributed by atoms with Crippen LogP contribution in [0.25, 0.3) is 0 Å². The smallest absolute Gasteiger partial charge is 0.355 e. The molecule has 3 aromatic rings. The largest absolute Gasteiger partial charge is 0.478 e. The molecule has 0 spiro atoms. The summed E-state index contributed by atoms with van der Waals surface area (Å²) in [4.78, 5) is 44.9. The van der Waals surface area contributed by atoms with Gasteiger partial charge in [-0.1, -0.05) is 30.2 Å². The highest BCUT2D eigenvalue weighted by Crippen LogP contribution is 2.24. The van der Waals surface area contributed by atoms with Crippen molar-refractivity contribution in [2.24, 2.45) is 0 Å². The zero-order chi connectivity index (χ0) is 27.1. The number of nitrogens with zero attached hydrogens (tertiary/aromatic N) is 4. The summed E-state index contributed by atoms with van der Waals surface area (Å²) in [7, 11) is 0. The quantitative estimate of drug-likeness (QED) is 0.350. The number of carboxylic acid groups (broad SMARTS) is 1. The van der Waals surface area contributed by atoms with Crippen molar-refractivity contribution >= 4 is 29.2 Å². The van der Waals surface area contributed by atoms with Crippen LogP contribution >= 0.6 is 11.6 Å². The summed E-state index contributed by atoms with van der Waals surface area (Å²) in [5.41, 5.74) is 0.269. The van der Waals surface area contributed by atoms with Crippen LogP contribution in [0.2, 0.25) is 0 Å². The Morgan fingerprint density at radius 3 is 2.49 bits per heavy atom. The van der Waals surface area contributed by atoms with Crippen LogP contribution in [0.15, 0.2) is 75.1 Å². The summed E-state index contributed by atoms with van der Waals surface area (Å²) >= 11 is 6.09. The minimum absolute atomic E-state index is 0.00719. The fourth-order valence-electron chi connectivity index (χ4n) is 3.30. The van der Waals surface area contributed by atoms with E-state index in [4.69, 9.17) is 21.4 Å². The van der Waals surface area contributed by atoms with Crippen LogP contribution in [-0.4, -0.2) is 30.2 Å². The third kappa shape index (κ3) is 7.17. The van der Waals surface area contributed by atoms with E-state index < -0.39 is 17.3 Å². The van der Waals surface area contributed by atoms with Crippen molar-refractivity contribution in [3.8, 4) is 11.5 Å². The molecule has 0 aliphatic heterocycles. The number of nitrogens with one attached hydrogen (secondary N) is 1. The molecule has 1 aromatic carbocycles. The second kappa shape index (κ2) is 12.2. The van der Waals surface area contributed by atoms with E-state index in [1.165, 1.54) is 23.0 Å². The number of halogens is 1. The Hall–Kier alpha value is -4.18. The van der Waals surface area contributed by atoms with Gasteiger partial charge in [-0.3, -0.25) is 9.55 Å². The molecule has 0 saturated heterocycles. The highest BCUT2D eigenvalue weighted by molar-refractivity contribution is 6.29. The Morgan fingerprint density at radius 2 is 1.86 bits per heavy atom. The molecule has 37 heavy (non-hydrogen) atoms. The van der Waals surface area contributed by atoms with Crippen LogP contribution in [0.3, 0.4) is 0 Å². The normalized spacial score (nSPS) is 12.1. The SMILES string of the molecule is CC/C(Cl)=C\C=C(/C)Cn1c(Nc2ccc(Oc3cncc(C(=O)O)c3)cc2)nc(=O)n(C(C)C)c1=O. The number of anilines is 2. The molecule has 194 valence electrons. The van der Waals surface area contributed by atoms with Crippen LogP contribution < -0.4 is 21.4 Å². The molecule has 2 N–H and O–H groups in total. The van der Waals surface area contributed by atoms with Gasteiger partial charge >= 0.3 is 17.3 Å². The molecular weight excluding hydrogens is 498 g/mol. The van der Waals surface area contributed by atoms with E-state index in [1.54, 1.807) is 44.2 Å². The molecular formula is C26H28ClN5O5. The summed E-state index contributed by atoms with van der Waals surface area (Å²) < 4.78 is 8.18. The maximum atomic E-state index is 13.2. The van der Waals surface area contributed by atoms with Crippen LogP contribution in [0.4, 0.5) is 11.6 Å². The first kappa shape index (κ1) is 27.4. The van der Waals surface area contributed by atoms with Gasteiger partial charge in [0.2, 0.25) is 5.95 Å². The van der Waals surface area contributed by atoms with Crippen molar-refractivity contribution in [3.63, 3.8) is 0 Å². The van der Waals surface area contributed by atoms with E-state index >= 15 is 0 Å². The van der Waals surface area contributed by atoms with Gasteiger partial charge in [0.05, 0.1) is 18.3 Å². The molecule has 0 atom stereocenters. The zero-order valence-corrected chi connectivity index (χ0v) is 21.7. The number of benzene rings is 1. The highest BCUT2D eigenvalue weighted by atomic mass is 35.5. The summed E-state index contributed by atoms with van der Waals surface area (Å²) in [6.45, 7) is 7.48. The van der Waals surface area contributed by atoms with Gasteiger partial charge in [0.1, 0.15) is 11.5 Å². The van der Waals surface area contributed by atoms with Crippen LogP contribution in [0.1, 0.15) is 50.5 Å². The molecule has 0 bridgehead atoms. The van der Waals surface area contributed by atoms with Crippen molar-refractivity contribution in [2.45, 2.75) is 46.7 Å². The summed E-state index contributed by atoms with van der Waals surface area (Å²) in [6.07, 6.45) is 6.94. The monoisotopic (exact) mass is 525 g/mol.